The number of hydrogen-bond acceptors (Lipinski definition) is 3. The van der Waals surface area contributed by atoms with E-state index in [1.54, 1.807) is 12.1 Å². The van der Waals surface area contributed by atoms with Gasteiger partial charge in [0.05, 0.1) is 11.1 Å². The molecule has 2 rings (SSSR count). The van der Waals surface area contributed by atoms with Crippen LogP contribution in [0.15, 0.2) is 54.6 Å². The van der Waals surface area contributed by atoms with Crippen molar-refractivity contribution in [3.8, 4) is 0 Å². The maximum atomic E-state index is 12.7. The molecule has 4 nitrogen and oxygen atoms in total. The van der Waals surface area contributed by atoms with Crippen molar-refractivity contribution in [3.05, 3.63) is 71.3 Å². The van der Waals surface area contributed by atoms with E-state index in [9.17, 15) is 14.7 Å². The largest absolute Gasteiger partial charge is 0.478 e. The quantitative estimate of drug-likeness (QED) is 0.321. The summed E-state index contributed by atoms with van der Waals surface area (Å²) in [6.07, 6.45) is 7.38. The molecule has 1 N–H and O–H groups in total. The zero-order chi connectivity index (χ0) is 21.1. The smallest absolute Gasteiger partial charge is 0.339 e. The molecule has 0 saturated heterocycles. The molecule has 1 atom stereocenters. The average molecular weight is 397 g/mol. The highest BCUT2D eigenvalue weighted by Gasteiger charge is 2.22. The third-order valence-electron chi connectivity index (χ3n) is 5.05. The number of carboxylic acids is 1. The predicted octanol–water partition coefficient (Wildman–Crippen LogP) is 6.67. The molecule has 29 heavy (non-hydrogen) atoms. The van der Waals surface area contributed by atoms with Gasteiger partial charge in [0.25, 0.3) is 0 Å². The highest BCUT2D eigenvalue weighted by molar-refractivity contribution is 6.02. The first kappa shape index (κ1) is 22.7. The van der Waals surface area contributed by atoms with Crippen molar-refractivity contribution < 1.29 is 19.4 Å². The van der Waals surface area contributed by atoms with Crippen LogP contribution >= 0.6 is 0 Å². The highest BCUT2D eigenvalue weighted by atomic mass is 16.5. The van der Waals surface area contributed by atoms with Gasteiger partial charge in [0.15, 0.2) is 0 Å². The molecule has 0 aliphatic carbocycles. The van der Waals surface area contributed by atoms with Gasteiger partial charge in [-0.25, -0.2) is 9.59 Å². The van der Waals surface area contributed by atoms with Crippen molar-refractivity contribution in [2.75, 3.05) is 0 Å². The van der Waals surface area contributed by atoms with Crippen molar-refractivity contribution >= 4 is 11.9 Å². The van der Waals surface area contributed by atoms with Gasteiger partial charge in [-0.3, -0.25) is 0 Å². The molecule has 0 aliphatic rings. The number of carboxylic acid groups (broad SMARTS) is 1. The summed E-state index contributed by atoms with van der Waals surface area (Å²) in [5.41, 5.74) is 0.998. The van der Waals surface area contributed by atoms with Crippen LogP contribution in [0.3, 0.4) is 0 Å². The number of carbonyl (C=O) groups is 2. The summed E-state index contributed by atoms with van der Waals surface area (Å²) in [5, 5.41) is 9.34. The van der Waals surface area contributed by atoms with E-state index in [0.717, 1.165) is 30.7 Å². The number of benzene rings is 2. The van der Waals surface area contributed by atoms with Gasteiger partial charge in [0, 0.05) is 0 Å². The number of ether oxygens (including phenoxy) is 1. The van der Waals surface area contributed by atoms with Gasteiger partial charge >= 0.3 is 11.9 Å². The molecular formula is C25H32O4. The first-order chi connectivity index (χ1) is 14.0. The van der Waals surface area contributed by atoms with E-state index in [2.05, 4.69) is 13.8 Å². The summed E-state index contributed by atoms with van der Waals surface area (Å²) in [6.45, 7) is 4.50. The predicted molar refractivity (Wildman–Crippen MR) is 115 cm³/mol. The second kappa shape index (κ2) is 12.1. The molecule has 0 heterocycles. The van der Waals surface area contributed by atoms with E-state index < -0.39 is 11.9 Å². The van der Waals surface area contributed by atoms with Crippen LogP contribution in [0.25, 0.3) is 0 Å². The van der Waals surface area contributed by atoms with Crippen molar-refractivity contribution in [1.29, 1.82) is 0 Å². The van der Waals surface area contributed by atoms with Crippen LogP contribution in [0.2, 0.25) is 0 Å². The van der Waals surface area contributed by atoms with Crippen LogP contribution in [0.1, 0.15) is 91.2 Å². The molecule has 2 aromatic carbocycles. The van der Waals surface area contributed by atoms with Gasteiger partial charge in [-0.1, -0.05) is 88.4 Å². The standard InChI is InChI=1S/C25H32O4/c1-19(2)13-7-4-3-5-10-18-23(20-14-8-6-9-15-20)29-25(28)22-17-12-11-16-21(22)24(26)27/h6,8-9,11-12,14-17,19,23H,3-5,7,10,13,18H2,1-2H3,(H,26,27). The van der Waals surface area contributed by atoms with Crippen LogP contribution in [-0.4, -0.2) is 17.0 Å². The van der Waals surface area contributed by atoms with Gasteiger partial charge in [-0.15, -0.1) is 0 Å². The Morgan fingerprint density at radius 3 is 1.97 bits per heavy atom. The summed E-state index contributed by atoms with van der Waals surface area (Å²) in [4.78, 5) is 24.1. The van der Waals surface area contributed by atoms with Crippen molar-refractivity contribution in [2.45, 2.75) is 64.9 Å². The highest BCUT2D eigenvalue weighted by Crippen LogP contribution is 2.26. The molecule has 0 amide bonds. The minimum Gasteiger partial charge on any atom is -0.478 e. The SMILES string of the molecule is CC(C)CCCCCCCC(OC(=O)c1ccccc1C(=O)O)c1ccccc1. The van der Waals surface area contributed by atoms with Gasteiger partial charge in [0.1, 0.15) is 6.10 Å². The lowest BCUT2D eigenvalue weighted by molar-refractivity contribution is 0.0265. The zero-order valence-electron chi connectivity index (χ0n) is 17.5. The summed E-state index contributed by atoms with van der Waals surface area (Å²) < 4.78 is 5.77. The van der Waals surface area contributed by atoms with E-state index in [4.69, 9.17) is 4.74 Å². The minimum atomic E-state index is -1.13. The van der Waals surface area contributed by atoms with E-state index >= 15 is 0 Å². The van der Waals surface area contributed by atoms with E-state index in [1.807, 2.05) is 30.3 Å². The van der Waals surface area contributed by atoms with Crippen molar-refractivity contribution in [1.82, 2.24) is 0 Å². The molecule has 0 radical (unpaired) electrons. The molecule has 0 bridgehead atoms. The first-order valence-electron chi connectivity index (χ1n) is 10.6. The van der Waals surface area contributed by atoms with Gasteiger partial charge in [-0.2, -0.15) is 0 Å². The number of unbranched alkanes of at least 4 members (excludes halogenated alkanes) is 4. The number of esters is 1. The van der Waals surface area contributed by atoms with Gasteiger partial charge in [-0.05, 0) is 36.5 Å². The summed E-state index contributed by atoms with van der Waals surface area (Å²) in [6, 6.07) is 15.9. The molecule has 0 spiro atoms. The van der Waals surface area contributed by atoms with Crippen LogP contribution in [0, 0.1) is 5.92 Å². The van der Waals surface area contributed by atoms with Crippen LogP contribution in [0.4, 0.5) is 0 Å². The Kier molecular flexibility index (Phi) is 9.42. The summed E-state index contributed by atoms with van der Waals surface area (Å²) in [7, 11) is 0. The van der Waals surface area contributed by atoms with Gasteiger partial charge < -0.3 is 9.84 Å². The number of rotatable bonds is 12. The Morgan fingerprint density at radius 1 is 0.793 bits per heavy atom. The number of carbonyl (C=O) groups excluding carboxylic acids is 1. The lowest BCUT2D eigenvalue weighted by Gasteiger charge is -2.19. The van der Waals surface area contributed by atoms with E-state index in [0.29, 0.717) is 0 Å². The maximum absolute atomic E-state index is 12.7. The average Bonchev–Trinajstić information content (AvgIpc) is 2.72. The normalized spacial score (nSPS) is 12.0. The molecule has 2 aromatic rings. The van der Waals surface area contributed by atoms with Crippen molar-refractivity contribution in [2.24, 2.45) is 5.92 Å². The Labute approximate surface area is 173 Å². The fraction of sp³-hybridized carbons (Fsp3) is 0.440. The zero-order valence-corrected chi connectivity index (χ0v) is 17.5. The van der Waals surface area contributed by atoms with Crippen LogP contribution in [-0.2, 0) is 4.74 Å². The third kappa shape index (κ3) is 7.72. The van der Waals surface area contributed by atoms with E-state index in [1.165, 1.54) is 37.8 Å². The Hall–Kier alpha value is -2.62. The Morgan fingerprint density at radius 2 is 1.34 bits per heavy atom. The first-order valence-corrected chi connectivity index (χ1v) is 10.6. The van der Waals surface area contributed by atoms with Crippen LogP contribution in [0.5, 0.6) is 0 Å². The topological polar surface area (TPSA) is 63.6 Å². The maximum Gasteiger partial charge on any atom is 0.339 e. The Balaban J connectivity index is 1.97. The Bertz CT molecular complexity index is 767. The fourth-order valence-electron chi connectivity index (χ4n) is 3.41. The monoisotopic (exact) mass is 396 g/mol. The lowest BCUT2D eigenvalue weighted by atomic mass is 10.00. The van der Waals surface area contributed by atoms with Gasteiger partial charge in [0.2, 0.25) is 0 Å². The van der Waals surface area contributed by atoms with E-state index in [-0.39, 0.29) is 17.2 Å². The molecule has 0 fully saturated rings. The summed E-state index contributed by atoms with van der Waals surface area (Å²) in [5.74, 6) is -0.963. The minimum absolute atomic E-state index is 0.0329. The fourth-order valence-corrected chi connectivity index (χ4v) is 3.41. The molecule has 4 heteroatoms. The second-order valence-corrected chi connectivity index (χ2v) is 7.89. The van der Waals surface area contributed by atoms with Crippen LogP contribution < -0.4 is 0 Å². The molecule has 0 aromatic heterocycles. The number of hydrogen-bond donors (Lipinski definition) is 1. The molecular weight excluding hydrogens is 364 g/mol. The number of aromatic carboxylic acids is 1. The molecule has 0 saturated carbocycles. The lowest BCUT2D eigenvalue weighted by Crippen LogP contribution is -2.15. The van der Waals surface area contributed by atoms with Crippen molar-refractivity contribution in [3.63, 3.8) is 0 Å². The third-order valence-corrected chi connectivity index (χ3v) is 5.05. The summed E-state index contributed by atoms with van der Waals surface area (Å²) >= 11 is 0. The molecule has 0 aliphatic heterocycles. The second-order valence-electron chi connectivity index (χ2n) is 7.89. The molecule has 1 unspecified atom stereocenters. The molecule has 156 valence electrons.